The third-order valence-electron chi connectivity index (χ3n) is 5.02. The average Bonchev–Trinajstić information content (AvgIpc) is 2.98. The van der Waals surface area contributed by atoms with Gasteiger partial charge in [-0.1, -0.05) is 62.7 Å². The van der Waals surface area contributed by atoms with Gasteiger partial charge in [-0.15, -0.1) is 0 Å². The predicted octanol–water partition coefficient (Wildman–Crippen LogP) is 5.46. The molecule has 0 aliphatic carbocycles. The lowest BCUT2D eigenvalue weighted by molar-refractivity contribution is 0.349. The van der Waals surface area contributed by atoms with Crippen molar-refractivity contribution in [3.63, 3.8) is 0 Å². The Labute approximate surface area is 184 Å². The molecule has 30 heavy (non-hydrogen) atoms. The van der Waals surface area contributed by atoms with Crippen molar-refractivity contribution in [3.8, 4) is 11.1 Å². The highest BCUT2D eigenvalue weighted by atomic mass is 35.5. The quantitative estimate of drug-likeness (QED) is 0.545. The molecule has 0 saturated heterocycles. The van der Waals surface area contributed by atoms with Crippen LogP contribution in [0, 0.1) is 5.41 Å². The van der Waals surface area contributed by atoms with Gasteiger partial charge in [-0.2, -0.15) is 17.4 Å². The highest BCUT2D eigenvalue weighted by molar-refractivity contribution is 7.87. The number of benzene rings is 2. The van der Waals surface area contributed by atoms with Crippen LogP contribution in [-0.2, 0) is 16.8 Å². The zero-order valence-electron chi connectivity index (χ0n) is 18.4. The minimum absolute atomic E-state index is 0.0655. The Bertz CT molecular complexity index is 1160. The van der Waals surface area contributed by atoms with Crippen LogP contribution >= 0.6 is 11.6 Å². The van der Waals surface area contributed by atoms with Crippen molar-refractivity contribution in [2.45, 2.75) is 40.3 Å². The number of halogens is 1. The van der Waals surface area contributed by atoms with Gasteiger partial charge in [0.05, 0.1) is 0 Å². The van der Waals surface area contributed by atoms with Crippen LogP contribution in [0.2, 0.25) is 5.02 Å². The van der Waals surface area contributed by atoms with E-state index in [-0.39, 0.29) is 11.5 Å². The summed E-state index contributed by atoms with van der Waals surface area (Å²) in [6.07, 6.45) is 2.06. The summed E-state index contributed by atoms with van der Waals surface area (Å²) in [5.41, 5.74) is 4.09. The number of fused-ring (bicyclic) bond motifs is 1. The Balaban J connectivity index is 2.14. The van der Waals surface area contributed by atoms with Crippen LogP contribution < -0.4 is 4.72 Å². The molecule has 0 amide bonds. The minimum Gasteiger partial charge on any atom is -0.347 e. The van der Waals surface area contributed by atoms with E-state index in [9.17, 15) is 8.42 Å². The lowest BCUT2D eigenvalue weighted by Gasteiger charge is -2.20. The summed E-state index contributed by atoms with van der Waals surface area (Å²) in [7, 11) is -0.497. The van der Waals surface area contributed by atoms with E-state index in [2.05, 4.69) is 48.4 Å². The van der Waals surface area contributed by atoms with Crippen LogP contribution in [0.4, 0.5) is 0 Å². The van der Waals surface area contributed by atoms with Gasteiger partial charge in [0.1, 0.15) is 0 Å². The number of rotatable bonds is 6. The van der Waals surface area contributed by atoms with Crippen molar-refractivity contribution in [2.24, 2.45) is 5.41 Å². The lowest BCUT2D eigenvalue weighted by Crippen LogP contribution is -2.37. The van der Waals surface area contributed by atoms with Crippen molar-refractivity contribution in [3.05, 3.63) is 59.2 Å². The second-order valence-electron chi connectivity index (χ2n) is 9.11. The number of nitrogens with zero attached hydrogens (tertiary/aromatic N) is 2. The molecule has 2 aromatic carbocycles. The molecule has 162 valence electrons. The highest BCUT2D eigenvalue weighted by Gasteiger charge is 2.23. The predicted molar refractivity (Wildman–Crippen MR) is 126 cm³/mol. The molecular weight excluding hydrogens is 418 g/mol. The molecule has 3 rings (SSSR count). The number of aromatic nitrogens is 1. The van der Waals surface area contributed by atoms with Gasteiger partial charge in [0, 0.05) is 54.4 Å². The fourth-order valence-corrected chi connectivity index (χ4v) is 4.59. The largest absolute Gasteiger partial charge is 0.347 e. The molecule has 0 spiro atoms. The molecule has 0 bridgehead atoms. The second kappa shape index (κ2) is 8.35. The molecule has 0 radical (unpaired) electrons. The number of nitrogens with one attached hydrogen (secondary N) is 1. The van der Waals surface area contributed by atoms with Gasteiger partial charge in [-0.05, 0) is 35.6 Å². The Morgan fingerprint density at radius 3 is 2.40 bits per heavy atom. The summed E-state index contributed by atoms with van der Waals surface area (Å²) in [4.78, 5) is 0. The first kappa shape index (κ1) is 22.8. The smallest absolute Gasteiger partial charge is 0.279 e. The monoisotopic (exact) mass is 447 g/mol. The first-order valence-electron chi connectivity index (χ1n) is 9.96. The molecule has 0 fully saturated rings. The van der Waals surface area contributed by atoms with E-state index >= 15 is 0 Å². The second-order valence-corrected chi connectivity index (χ2v) is 11.4. The molecule has 3 aromatic rings. The maximum atomic E-state index is 12.4. The summed E-state index contributed by atoms with van der Waals surface area (Å²) >= 11 is 6.43. The van der Waals surface area contributed by atoms with Crippen LogP contribution in [0.25, 0.3) is 22.0 Å². The van der Waals surface area contributed by atoms with Gasteiger partial charge in [-0.25, -0.2) is 0 Å². The molecule has 1 aromatic heterocycles. The van der Waals surface area contributed by atoms with Gasteiger partial charge < -0.3 is 4.57 Å². The van der Waals surface area contributed by atoms with E-state index in [4.69, 9.17) is 11.6 Å². The minimum atomic E-state index is -3.54. The number of hydrogen-bond donors (Lipinski definition) is 1. The van der Waals surface area contributed by atoms with E-state index in [0.29, 0.717) is 5.02 Å². The highest BCUT2D eigenvalue weighted by Crippen LogP contribution is 2.35. The van der Waals surface area contributed by atoms with Crippen molar-refractivity contribution in [1.29, 1.82) is 0 Å². The van der Waals surface area contributed by atoms with E-state index in [1.54, 1.807) is 0 Å². The third kappa shape index (κ3) is 4.89. The molecule has 0 aliphatic rings. The maximum Gasteiger partial charge on any atom is 0.279 e. The van der Waals surface area contributed by atoms with E-state index < -0.39 is 10.2 Å². The van der Waals surface area contributed by atoms with E-state index in [1.165, 1.54) is 18.4 Å². The van der Waals surface area contributed by atoms with Crippen LogP contribution in [0.15, 0.2) is 48.7 Å². The third-order valence-corrected chi connectivity index (χ3v) is 6.96. The number of hydrogen-bond acceptors (Lipinski definition) is 2. The Hall–Kier alpha value is -1.86. The average molecular weight is 448 g/mol. The molecule has 0 aliphatic heterocycles. The standard InChI is InChI=1S/C23H30ClN3O2S/c1-16(25-30(28,29)26(5)6)20-14-27(15-23(2,3)4)22-13-17(11-12-19(20)22)18-9-7-8-10-21(18)24/h7-14,16,25H,15H2,1-6H3/t16-/m1/s1. The summed E-state index contributed by atoms with van der Waals surface area (Å²) < 4.78 is 30.9. The van der Waals surface area contributed by atoms with E-state index in [1.807, 2.05) is 37.3 Å². The van der Waals surface area contributed by atoms with Gasteiger partial charge in [0.25, 0.3) is 10.2 Å². The summed E-state index contributed by atoms with van der Waals surface area (Å²) in [6.45, 7) is 9.25. The zero-order chi connectivity index (χ0) is 22.3. The molecule has 5 nitrogen and oxygen atoms in total. The van der Waals surface area contributed by atoms with Crippen LogP contribution in [-0.4, -0.2) is 31.4 Å². The topological polar surface area (TPSA) is 54.3 Å². The molecule has 0 saturated carbocycles. The van der Waals surface area contributed by atoms with E-state index in [0.717, 1.165) is 34.1 Å². The molecule has 1 heterocycles. The molecular formula is C23H30ClN3O2S. The molecule has 7 heteroatoms. The maximum absolute atomic E-state index is 12.4. The fourth-order valence-electron chi connectivity index (χ4n) is 3.56. The summed E-state index contributed by atoms with van der Waals surface area (Å²) in [6, 6.07) is 13.7. The Kier molecular flexibility index (Phi) is 6.35. The normalized spacial score (nSPS) is 13.9. The SMILES string of the molecule is C[C@@H](NS(=O)(=O)N(C)C)c1cn(CC(C)(C)C)c2cc(-c3ccccc3Cl)ccc12. The van der Waals surface area contributed by atoms with Gasteiger partial charge in [-0.3, -0.25) is 0 Å². The van der Waals surface area contributed by atoms with Crippen LogP contribution in [0.5, 0.6) is 0 Å². The first-order chi connectivity index (χ1) is 13.9. The van der Waals surface area contributed by atoms with Gasteiger partial charge in [0.2, 0.25) is 0 Å². The Morgan fingerprint density at radius 2 is 1.80 bits per heavy atom. The van der Waals surface area contributed by atoms with Crippen LogP contribution in [0.1, 0.15) is 39.3 Å². The van der Waals surface area contributed by atoms with Gasteiger partial charge in [0.15, 0.2) is 0 Å². The van der Waals surface area contributed by atoms with Crippen LogP contribution in [0.3, 0.4) is 0 Å². The lowest BCUT2D eigenvalue weighted by atomic mass is 9.97. The van der Waals surface area contributed by atoms with Crippen molar-refractivity contribution < 1.29 is 8.42 Å². The van der Waals surface area contributed by atoms with Crippen molar-refractivity contribution >= 4 is 32.7 Å². The van der Waals surface area contributed by atoms with Crippen molar-refractivity contribution in [2.75, 3.05) is 14.1 Å². The summed E-state index contributed by atoms with van der Waals surface area (Å²) in [5, 5.41) is 1.74. The first-order valence-corrected chi connectivity index (χ1v) is 11.8. The summed E-state index contributed by atoms with van der Waals surface area (Å²) in [5.74, 6) is 0. The van der Waals surface area contributed by atoms with Gasteiger partial charge >= 0.3 is 0 Å². The molecule has 1 N–H and O–H groups in total. The molecule has 1 atom stereocenters. The van der Waals surface area contributed by atoms with Crippen molar-refractivity contribution in [1.82, 2.24) is 13.6 Å². The zero-order valence-corrected chi connectivity index (χ0v) is 20.0. The molecule has 0 unspecified atom stereocenters. The Morgan fingerprint density at radius 1 is 1.13 bits per heavy atom. The fraction of sp³-hybridized carbons (Fsp3) is 0.391.